The van der Waals surface area contributed by atoms with Crippen LogP contribution in [0.4, 0.5) is 14.9 Å². The molecule has 0 bridgehead atoms. The number of amides is 2. The summed E-state index contributed by atoms with van der Waals surface area (Å²) in [5, 5.41) is 0. The van der Waals surface area contributed by atoms with Crippen LogP contribution in [0.2, 0.25) is 0 Å². The Labute approximate surface area is 134 Å². The molecule has 9 heteroatoms. The number of nitrogens with two attached hydrogens (primary N) is 1. The molecule has 2 N–H and O–H groups in total. The first-order valence-electron chi connectivity index (χ1n) is 7.36. The number of benzene rings is 1. The maximum Gasteiger partial charge on any atom is 0.415 e. The first-order valence-corrected chi connectivity index (χ1v) is 7.36. The lowest BCUT2D eigenvalue weighted by Gasteiger charge is -2.23. The van der Waals surface area contributed by atoms with Crippen molar-refractivity contribution in [1.82, 2.24) is 9.55 Å². The van der Waals surface area contributed by atoms with Gasteiger partial charge in [0, 0.05) is 30.4 Å². The number of carbonyl (C=O) groups excluding carboxylic acids is 2. The van der Waals surface area contributed by atoms with Gasteiger partial charge in [0.1, 0.15) is 12.3 Å². The summed E-state index contributed by atoms with van der Waals surface area (Å²) in [7, 11) is 0. The molecule has 0 saturated carbocycles. The molecule has 0 spiro atoms. The number of primary amides is 1. The maximum atomic E-state index is 14.7. The summed E-state index contributed by atoms with van der Waals surface area (Å²) >= 11 is 0. The normalized spacial score (nSPS) is 23.0. The standard InChI is InChI=1S/C15H11FN4O4/c16-7-4-8-6(3-9-13(14(17)21)24-15(22)20(8)9)12-11(7)19-2-1-18-10(19)5-23-12/h1-2,4,9,13H,3,5H2,(H2,17,21)/t9-,13?/m0/s1. The van der Waals surface area contributed by atoms with Crippen molar-refractivity contribution in [2.24, 2.45) is 5.73 Å². The lowest BCUT2D eigenvalue weighted by atomic mass is 10.0. The van der Waals surface area contributed by atoms with Crippen molar-refractivity contribution in [3.05, 3.63) is 35.7 Å². The number of imidazole rings is 1. The van der Waals surface area contributed by atoms with E-state index in [1.54, 1.807) is 17.0 Å². The van der Waals surface area contributed by atoms with Crippen molar-refractivity contribution >= 4 is 17.7 Å². The predicted octanol–water partition coefficient (Wildman–Crippen LogP) is 0.639. The van der Waals surface area contributed by atoms with Gasteiger partial charge in [-0.25, -0.2) is 14.2 Å². The molecule has 1 fully saturated rings. The van der Waals surface area contributed by atoms with Crippen LogP contribution < -0.4 is 15.4 Å². The van der Waals surface area contributed by atoms with Gasteiger partial charge in [-0.2, -0.15) is 0 Å². The third-order valence-electron chi connectivity index (χ3n) is 4.65. The second-order valence-electron chi connectivity index (χ2n) is 5.88. The molecular weight excluding hydrogens is 319 g/mol. The molecule has 8 nitrogen and oxygen atoms in total. The quantitative estimate of drug-likeness (QED) is 0.827. The van der Waals surface area contributed by atoms with Crippen molar-refractivity contribution < 1.29 is 23.5 Å². The molecular formula is C15H11FN4O4. The summed E-state index contributed by atoms with van der Waals surface area (Å²) in [4.78, 5) is 29.0. The molecule has 1 aromatic carbocycles. The van der Waals surface area contributed by atoms with E-state index in [9.17, 15) is 14.0 Å². The second kappa shape index (κ2) is 4.25. The number of cyclic esters (lactones) is 1. The number of aromatic nitrogens is 2. The zero-order valence-electron chi connectivity index (χ0n) is 12.2. The number of ether oxygens (including phenoxy) is 2. The van der Waals surface area contributed by atoms with E-state index in [4.69, 9.17) is 15.2 Å². The summed E-state index contributed by atoms with van der Waals surface area (Å²) in [6, 6.07) is 0.681. The minimum atomic E-state index is -1.06. The molecule has 2 amide bonds. The van der Waals surface area contributed by atoms with E-state index in [1.807, 2.05) is 0 Å². The Morgan fingerprint density at radius 2 is 2.29 bits per heavy atom. The van der Waals surface area contributed by atoms with E-state index in [0.717, 1.165) is 0 Å². The highest BCUT2D eigenvalue weighted by Crippen LogP contribution is 2.47. The summed E-state index contributed by atoms with van der Waals surface area (Å²) in [6.45, 7) is 0.199. The number of anilines is 1. The largest absolute Gasteiger partial charge is 0.483 e. The van der Waals surface area contributed by atoms with Gasteiger partial charge in [0.2, 0.25) is 6.10 Å². The minimum Gasteiger partial charge on any atom is -0.483 e. The zero-order valence-corrected chi connectivity index (χ0v) is 12.2. The molecule has 1 unspecified atom stereocenters. The lowest BCUT2D eigenvalue weighted by Crippen LogP contribution is -2.41. The summed E-state index contributed by atoms with van der Waals surface area (Å²) in [5.41, 5.74) is 6.59. The Morgan fingerprint density at radius 1 is 1.46 bits per heavy atom. The third-order valence-corrected chi connectivity index (χ3v) is 4.65. The molecule has 1 saturated heterocycles. The fourth-order valence-corrected chi connectivity index (χ4v) is 3.66. The molecule has 3 aliphatic rings. The maximum absolute atomic E-state index is 14.7. The summed E-state index contributed by atoms with van der Waals surface area (Å²) in [5.74, 6) is -0.315. The van der Waals surface area contributed by atoms with Gasteiger partial charge in [-0.1, -0.05) is 0 Å². The Bertz CT molecular complexity index is 924. The molecule has 0 aliphatic carbocycles. The van der Waals surface area contributed by atoms with E-state index >= 15 is 0 Å². The lowest BCUT2D eigenvalue weighted by molar-refractivity contribution is -0.125. The van der Waals surface area contributed by atoms with Gasteiger partial charge in [-0.15, -0.1) is 0 Å². The van der Waals surface area contributed by atoms with Gasteiger partial charge in [-0.3, -0.25) is 14.3 Å². The predicted molar refractivity (Wildman–Crippen MR) is 77.3 cm³/mol. The van der Waals surface area contributed by atoms with Crippen molar-refractivity contribution in [1.29, 1.82) is 0 Å². The first-order chi connectivity index (χ1) is 11.6. The Morgan fingerprint density at radius 3 is 3.08 bits per heavy atom. The number of hydrogen-bond donors (Lipinski definition) is 1. The van der Waals surface area contributed by atoms with Crippen molar-refractivity contribution in [2.45, 2.75) is 25.2 Å². The number of carbonyl (C=O) groups is 2. The SMILES string of the molecule is NC(=O)C1OC(=O)N2c3cc(F)c4c(c3C[C@@H]12)OCc1nccn1-4. The zero-order chi connectivity index (χ0) is 16.6. The van der Waals surface area contributed by atoms with Crippen LogP contribution in [0.3, 0.4) is 0 Å². The van der Waals surface area contributed by atoms with Gasteiger partial charge in [-0.05, 0) is 0 Å². The van der Waals surface area contributed by atoms with E-state index in [-0.39, 0.29) is 12.3 Å². The van der Waals surface area contributed by atoms with Gasteiger partial charge in [0.25, 0.3) is 5.91 Å². The van der Waals surface area contributed by atoms with Crippen LogP contribution in [0.5, 0.6) is 5.75 Å². The Hall–Kier alpha value is -3.10. The monoisotopic (exact) mass is 330 g/mol. The topological polar surface area (TPSA) is 99.7 Å². The fraction of sp³-hybridized carbons (Fsp3) is 0.267. The van der Waals surface area contributed by atoms with Crippen LogP contribution in [0.25, 0.3) is 5.69 Å². The van der Waals surface area contributed by atoms with Crippen molar-refractivity contribution in [3.63, 3.8) is 0 Å². The molecule has 5 rings (SSSR count). The molecule has 1 aromatic heterocycles. The number of nitrogens with zero attached hydrogens (tertiary/aromatic N) is 3. The molecule has 24 heavy (non-hydrogen) atoms. The van der Waals surface area contributed by atoms with Gasteiger partial charge in [0.15, 0.2) is 17.4 Å². The van der Waals surface area contributed by atoms with Gasteiger partial charge >= 0.3 is 6.09 Å². The van der Waals surface area contributed by atoms with Crippen molar-refractivity contribution in [3.8, 4) is 11.4 Å². The molecule has 2 aromatic rings. The number of fused-ring (bicyclic) bond motifs is 7. The summed E-state index contributed by atoms with van der Waals surface area (Å²) < 4.78 is 27.1. The van der Waals surface area contributed by atoms with Crippen molar-refractivity contribution in [2.75, 3.05) is 4.90 Å². The van der Waals surface area contributed by atoms with E-state index in [1.165, 1.54) is 11.0 Å². The molecule has 4 heterocycles. The molecule has 0 radical (unpaired) electrons. The number of halogens is 1. The van der Waals surface area contributed by atoms with Crippen LogP contribution in [0.1, 0.15) is 11.4 Å². The fourth-order valence-electron chi connectivity index (χ4n) is 3.66. The highest BCUT2D eigenvalue weighted by molar-refractivity contribution is 5.99. The second-order valence-corrected chi connectivity index (χ2v) is 5.88. The smallest absolute Gasteiger partial charge is 0.415 e. The number of rotatable bonds is 1. The highest BCUT2D eigenvalue weighted by atomic mass is 19.1. The van der Waals surface area contributed by atoms with Crippen LogP contribution in [0, 0.1) is 5.82 Å². The van der Waals surface area contributed by atoms with E-state index in [2.05, 4.69) is 4.98 Å². The van der Waals surface area contributed by atoms with E-state index < -0.39 is 30.0 Å². The Balaban J connectivity index is 1.71. The van der Waals surface area contributed by atoms with Crippen LogP contribution >= 0.6 is 0 Å². The molecule has 2 atom stereocenters. The average molecular weight is 330 g/mol. The van der Waals surface area contributed by atoms with Crippen LogP contribution in [0.15, 0.2) is 18.5 Å². The Kier molecular flexibility index (Phi) is 2.36. The van der Waals surface area contributed by atoms with E-state index in [0.29, 0.717) is 29.2 Å². The molecule has 122 valence electrons. The first kappa shape index (κ1) is 13.3. The average Bonchev–Trinajstić information content (AvgIpc) is 3.22. The van der Waals surface area contributed by atoms with Crippen LogP contribution in [-0.2, 0) is 22.6 Å². The van der Waals surface area contributed by atoms with Crippen LogP contribution in [-0.4, -0.2) is 33.7 Å². The highest BCUT2D eigenvalue weighted by Gasteiger charge is 2.51. The van der Waals surface area contributed by atoms with Gasteiger partial charge in [0.05, 0.1) is 11.7 Å². The minimum absolute atomic E-state index is 0.199. The summed E-state index contributed by atoms with van der Waals surface area (Å²) in [6.07, 6.45) is 1.76. The molecule has 3 aliphatic heterocycles. The third kappa shape index (κ3) is 1.48. The number of hydrogen-bond acceptors (Lipinski definition) is 5. The van der Waals surface area contributed by atoms with Gasteiger partial charge < -0.3 is 15.2 Å².